The number of nitrogens with two attached hydrogens (primary N) is 1. The number of likely N-dealkylation sites (tertiary alicyclic amines) is 1. The van der Waals surface area contributed by atoms with E-state index in [1.807, 2.05) is 0 Å². The monoisotopic (exact) mass is 252 g/mol. The highest BCUT2D eigenvalue weighted by Gasteiger charge is 2.17. The summed E-state index contributed by atoms with van der Waals surface area (Å²) in [4.78, 5) is 13.6. The minimum atomic E-state index is -0.540. The van der Waals surface area contributed by atoms with Crippen molar-refractivity contribution in [2.75, 3.05) is 25.4 Å². The maximum absolute atomic E-state index is 13.4. The zero-order chi connectivity index (χ0) is 13.0. The fraction of sp³-hybridized carbons (Fsp3) is 0.462. The van der Waals surface area contributed by atoms with Crippen LogP contribution in [0, 0.1) is 5.82 Å². The topological polar surface area (TPSA) is 55.6 Å². The largest absolute Gasteiger partial charge is 0.481 e. The Kier molecular flexibility index (Phi) is 4.02. The summed E-state index contributed by atoms with van der Waals surface area (Å²) in [6.45, 7) is 1.42. The summed E-state index contributed by atoms with van der Waals surface area (Å²) in [5.74, 6) is -0.568. The van der Waals surface area contributed by atoms with E-state index in [1.54, 1.807) is 11.0 Å². The number of hydrogen-bond donors (Lipinski definition) is 1. The number of rotatable bonds is 3. The second kappa shape index (κ2) is 5.71. The normalized spacial score (nSPS) is 15.5. The van der Waals surface area contributed by atoms with Crippen LogP contribution in [0.1, 0.15) is 19.3 Å². The molecule has 0 saturated carbocycles. The number of amides is 1. The molecule has 0 aliphatic carbocycles. The van der Waals surface area contributed by atoms with Crippen LogP contribution >= 0.6 is 0 Å². The third-order valence-corrected chi connectivity index (χ3v) is 3.02. The summed E-state index contributed by atoms with van der Waals surface area (Å²) in [7, 11) is 0. The van der Waals surface area contributed by atoms with E-state index in [1.165, 1.54) is 12.1 Å². The molecule has 1 aliphatic rings. The van der Waals surface area contributed by atoms with Crippen molar-refractivity contribution in [2.45, 2.75) is 19.3 Å². The van der Waals surface area contributed by atoms with Crippen LogP contribution < -0.4 is 10.5 Å². The van der Waals surface area contributed by atoms with Gasteiger partial charge in [0.2, 0.25) is 0 Å². The first-order valence-corrected chi connectivity index (χ1v) is 6.12. The first-order chi connectivity index (χ1) is 8.66. The Morgan fingerprint density at radius 2 is 2.06 bits per heavy atom. The maximum atomic E-state index is 13.4. The molecule has 1 aromatic rings. The molecule has 0 spiro atoms. The zero-order valence-electron chi connectivity index (χ0n) is 10.2. The van der Waals surface area contributed by atoms with Gasteiger partial charge in [-0.25, -0.2) is 4.39 Å². The summed E-state index contributed by atoms with van der Waals surface area (Å²) in [5, 5.41) is 0. The molecule has 1 aromatic carbocycles. The fourth-order valence-corrected chi connectivity index (χ4v) is 2.01. The molecule has 0 unspecified atom stereocenters. The number of ether oxygens (including phenoxy) is 1. The van der Waals surface area contributed by atoms with Gasteiger partial charge in [0.1, 0.15) is 0 Å². The van der Waals surface area contributed by atoms with Gasteiger partial charge in [-0.05, 0) is 31.4 Å². The molecular formula is C13H17FN2O2. The molecule has 1 saturated heterocycles. The quantitative estimate of drug-likeness (QED) is 0.834. The van der Waals surface area contributed by atoms with E-state index >= 15 is 0 Å². The molecule has 0 bridgehead atoms. The van der Waals surface area contributed by atoms with Crippen molar-refractivity contribution in [3.05, 3.63) is 24.0 Å². The number of anilines is 1. The number of halogens is 1. The Hall–Kier alpha value is -1.78. The molecule has 5 heteroatoms. The van der Waals surface area contributed by atoms with Crippen LogP contribution in [0.3, 0.4) is 0 Å². The molecule has 2 rings (SSSR count). The summed E-state index contributed by atoms with van der Waals surface area (Å²) in [6, 6.07) is 4.17. The van der Waals surface area contributed by atoms with E-state index in [4.69, 9.17) is 10.5 Å². The van der Waals surface area contributed by atoms with E-state index in [0.717, 1.165) is 32.4 Å². The van der Waals surface area contributed by atoms with Gasteiger partial charge in [0.25, 0.3) is 5.91 Å². The van der Waals surface area contributed by atoms with Gasteiger partial charge < -0.3 is 15.4 Å². The van der Waals surface area contributed by atoms with E-state index in [2.05, 4.69) is 0 Å². The van der Waals surface area contributed by atoms with Crippen molar-refractivity contribution >= 4 is 11.6 Å². The third-order valence-electron chi connectivity index (χ3n) is 3.02. The van der Waals surface area contributed by atoms with Crippen LogP contribution in [0.5, 0.6) is 5.75 Å². The van der Waals surface area contributed by atoms with Gasteiger partial charge in [-0.3, -0.25) is 4.79 Å². The Morgan fingerprint density at radius 3 is 2.72 bits per heavy atom. The molecule has 4 nitrogen and oxygen atoms in total. The number of piperidine rings is 1. The molecule has 1 amide bonds. The first-order valence-electron chi connectivity index (χ1n) is 6.12. The lowest BCUT2D eigenvalue weighted by atomic mass is 10.1. The van der Waals surface area contributed by atoms with Crippen molar-refractivity contribution in [1.29, 1.82) is 0 Å². The van der Waals surface area contributed by atoms with Crippen molar-refractivity contribution in [3.63, 3.8) is 0 Å². The number of hydrogen-bond acceptors (Lipinski definition) is 3. The average molecular weight is 252 g/mol. The molecule has 18 heavy (non-hydrogen) atoms. The van der Waals surface area contributed by atoms with Gasteiger partial charge in [0.05, 0.1) is 0 Å². The molecule has 0 atom stereocenters. The number of nitrogen functional groups attached to an aromatic ring is 1. The highest BCUT2D eigenvalue weighted by atomic mass is 19.1. The molecule has 2 N–H and O–H groups in total. The Bertz CT molecular complexity index is 431. The molecule has 1 aliphatic heterocycles. The lowest BCUT2D eigenvalue weighted by Gasteiger charge is -2.26. The minimum Gasteiger partial charge on any atom is -0.481 e. The van der Waals surface area contributed by atoms with E-state index in [9.17, 15) is 9.18 Å². The predicted molar refractivity (Wildman–Crippen MR) is 66.7 cm³/mol. The van der Waals surface area contributed by atoms with Crippen LogP contribution in [0.25, 0.3) is 0 Å². The van der Waals surface area contributed by atoms with Gasteiger partial charge in [-0.2, -0.15) is 0 Å². The van der Waals surface area contributed by atoms with Gasteiger partial charge >= 0.3 is 0 Å². The van der Waals surface area contributed by atoms with Crippen molar-refractivity contribution < 1.29 is 13.9 Å². The Balaban J connectivity index is 1.88. The van der Waals surface area contributed by atoms with Crippen molar-refractivity contribution in [1.82, 2.24) is 4.90 Å². The predicted octanol–water partition coefficient (Wildman–Crippen LogP) is 1.80. The van der Waals surface area contributed by atoms with Crippen LogP contribution in [0.2, 0.25) is 0 Å². The highest BCUT2D eigenvalue weighted by Crippen LogP contribution is 2.19. The molecule has 1 fully saturated rings. The molecular weight excluding hydrogens is 235 g/mol. The van der Waals surface area contributed by atoms with Crippen LogP contribution in [-0.2, 0) is 4.79 Å². The summed E-state index contributed by atoms with van der Waals surface area (Å²) in [6.07, 6.45) is 3.22. The molecule has 0 aromatic heterocycles. The number of nitrogens with zero attached hydrogens (tertiary/aromatic N) is 1. The van der Waals surface area contributed by atoms with Crippen LogP contribution in [0.15, 0.2) is 18.2 Å². The van der Waals surface area contributed by atoms with E-state index < -0.39 is 5.82 Å². The van der Waals surface area contributed by atoms with Crippen LogP contribution in [-0.4, -0.2) is 30.5 Å². The number of carbonyl (C=O) groups is 1. The summed E-state index contributed by atoms with van der Waals surface area (Å²) in [5.41, 5.74) is 5.77. The number of benzene rings is 1. The lowest BCUT2D eigenvalue weighted by molar-refractivity contribution is -0.134. The van der Waals surface area contributed by atoms with Crippen molar-refractivity contribution in [3.8, 4) is 5.75 Å². The standard InChI is InChI=1S/C13H17FN2O2/c14-11-8-10(15)4-5-12(11)18-9-13(17)16-6-2-1-3-7-16/h4-5,8H,1-3,6-7,9,15H2. The first kappa shape index (κ1) is 12.7. The van der Waals surface area contributed by atoms with Gasteiger partial charge in [-0.15, -0.1) is 0 Å². The highest BCUT2D eigenvalue weighted by molar-refractivity contribution is 5.77. The minimum absolute atomic E-state index is 0.0644. The smallest absolute Gasteiger partial charge is 0.260 e. The molecule has 1 heterocycles. The van der Waals surface area contributed by atoms with Gasteiger partial charge in [0, 0.05) is 24.8 Å². The number of carbonyl (C=O) groups excluding carboxylic acids is 1. The van der Waals surface area contributed by atoms with Gasteiger partial charge in [-0.1, -0.05) is 0 Å². The summed E-state index contributed by atoms with van der Waals surface area (Å²) >= 11 is 0. The second-order valence-corrected chi connectivity index (χ2v) is 4.42. The molecule has 0 radical (unpaired) electrons. The molecule has 98 valence electrons. The fourth-order valence-electron chi connectivity index (χ4n) is 2.01. The van der Waals surface area contributed by atoms with E-state index in [0.29, 0.717) is 5.69 Å². The van der Waals surface area contributed by atoms with Crippen LogP contribution in [0.4, 0.5) is 10.1 Å². The third kappa shape index (κ3) is 3.12. The Labute approximate surface area is 106 Å². The van der Waals surface area contributed by atoms with Crippen molar-refractivity contribution in [2.24, 2.45) is 0 Å². The zero-order valence-corrected chi connectivity index (χ0v) is 10.2. The van der Waals surface area contributed by atoms with E-state index in [-0.39, 0.29) is 18.3 Å². The SMILES string of the molecule is Nc1ccc(OCC(=O)N2CCCCC2)c(F)c1. The summed E-state index contributed by atoms with van der Waals surface area (Å²) < 4.78 is 18.6. The van der Waals surface area contributed by atoms with Gasteiger partial charge in [0.15, 0.2) is 18.2 Å². The maximum Gasteiger partial charge on any atom is 0.260 e. The average Bonchev–Trinajstić information content (AvgIpc) is 2.38. The Morgan fingerprint density at radius 1 is 1.33 bits per heavy atom. The lowest BCUT2D eigenvalue weighted by Crippen LogP contribution is -2.38. The second-order valence-electron chi connectivity index (χ2n) is 4.42.